The van der Waals surface area contributed by atoms with Gasteiger partial charge in [0.2, 0.25) is 0 Å². The zero-order chi connectivity index (χ0) is 16.7. The van der Waals surface area contributed by atoms with Crippen molar-refractivity contribution in [2.24, 2.45) is 0 Å². The molecule has 0 aliphatic carbocycles. The van der Waals surface area contributed by atoms with Crippen LogP contribution in [0.25, 0.3) is 21.0 Å². The van der Waals surface area contributed by atoms with Gasteiger partial charge in [-0.05, 0) is 48.2 Å². The lowest BCUT2D eigenvalue weighted by atomic mass is 10.1. The number of hydrogen-bond donors (Lipinski definition) is 1. The summed E-state index contributed by atoms with van der Waals surface area (Å²) in [5.41, 5.74) is 2.45. The Labute approximate surface area is 150 Å². The van der Waals surface area contributed by atoms with Gasteiger partial charge in [0.15, 0.2) is 5.13 Å². The average Bonchev–Trinajstić information content (AvgIpc) is 2.95. The number of carbonyl (C=O) groups is 1. The third kappa shape index (κ3) is 2.79. The third-order valence-electron chi connectivity index (χ3n) is 3.71. The van der Waals surface area contributed by atoms with Crippen molar-refractivity contribution in [2.75, 3.05) is 5.32 Å². The minimum absolute atomic E-state index is 0.255. The number of thiazole rings is 1. The predicted molar refractivity (Wildman–Crippen MR) is 102 cm³/mol. The molecular weight excluding hydrogens is 386 g/mol. The van der Waals surface area contributed by atoms with E-state index in [1.54, 1.807) is 6.20 Å². The van der Waals surface area contributed by atoms with Crippen molar-refractivity contribution in [1.82, 2.24) is 9.97 Å². The number of rotatable bonds is 2. The minimum Gasteiger partial charge on any atom is -0.296 e. The van der Waals surface area contributed by atoms with Crippen LogP contribution < -0.4 is 5.32 Å². The molecule has 2 aromatic heterocycles. The number of nitrogens with one attached hydrogen (secondary N) is 1. The van der Waals surface area contributed by atoms with Crippen LogP contribution in [0.2, 0.25) is 0 Å². The van der Waals surface area contributed by atoms with E-state index < -0.39 is 0 Å². The zero-order valence-electron chi connectivity index (χ0n) is 12.7. The third-order valence-corrected chi connectivity index (χ3v) is 5.13. The van der Waals surface area contributed by atoms with Gasteiger partial charge in [-0.1, -0.05) is 39.4 Å². The second kappa shape index (κ2) is 5.96. The Hall–Kier alpha value is -2.31. The van der Waals surface area contributed by atoms with E-state index in [1.807, 2.05) is 43.3 Å². The van der Waals surface area contributed by atoms with Gasteiger partial charge < -0.3 is 0 Å². The highest BCUT2D eigenvalue weighted by Crippen LogP contribution is 2.28. The minimum atomic E-state index is -0.255. The molecule has 0 saturated carbocycles. The van der Waals surface area contributed by atoms with E-state index in [4.69, 9.17) is 0 Å². The summed E-state index contributed by atoms with van der Waals surface area (Å²) in [4.78, 5) is 21.4. The van der Waals surface area contributed by atoms with E-state index in [2.05, 4.69) is 37.3 Å². The molecule has 0 radical (unpaired) electrons. The standard InChI is InChI=1S/C18H12BrN3OS/c1-10-2-5-14-15(8-10)24-18(21-14)22-17(23)16-13-9-12(19)4-3-11(13)6-7-20-16/h2-9H,1H3,(H,21,22,23). The molecule has 0 unspecified atom stereocenters. The number of amides is 1. The monoisotopic (exact) mass is 397 g/mol. The summed E-state index contributed by atoms with van der Waals surface area (Å²) in [6.07, 6.45) is 1.65. The maximum atomic E-state index is 12.7. The van der Waals surface area contributed by atoms with Crippen molar-refractivity contribution in [1.29, 1.82) is 0 Å². The number of aromatic nitrogens is 2. The molecule has 0 saturated heterocycles. The molecule has 118 valence electrons. The average molecular weight is 398 g/mol. The summed E-state index contributed by atoms with van der Waals surface area (Å²) in [6, 6.07) is 13.7. The largest absolute Gasteiger partial charge is 0.296 e. The van der Waals surface area contributed by atoms with Gasteiger partial charge >= 0.3 is 0 Å². The number of halogens is 1. The van der Waals surface area contributed by atoms with E-state index in [0.717, 1.165) is 25.5 Å². The Morgan fingerprint density at radius 2 is 2.04 bits per heavy atom. The van der Waals surface area contributed by atoms with Crippen molar-refractivity contribution < 1.29 is 4.79 Å². The second-order valence-corrected chi connectivity index (χ2v) is 7.42. The van der Waals surface area contributed by atoms with E-state index in [0.29, 0.717) is 10.8 Å². The van der Waals surface area contributed by atoms with Crippen LogP contribution in [0.3, 0.4) is 0 Å². The van der Waals surface area contributed by atoms with E-state index in [1.165, 1.54) is 16.9 Å². The SMILES string of the molecule is Cc1ccc2nc(NC(=O)c3nccc4ccc(Br)cc34)sc2c1. The molecule has 1 N–H and O–H groups in total. The molecule has 0 aliphatic heterocycles. The van der Waals surface area contributed by atoms with Crippen molar-refractivity contribution in [3.05, 3.63) is 64.4 Å². The molecule has 0 fully saturated rings. The molecule has 4 rings (SSSR count). The summed E-state index contributed by atoms with van der Waals surface area (Å²) < 4.78 is 1.96. The summed E-state index contributed by atoms with van der Waals surface area (Å²) >= 11 is 4.91. The Kier molecular flexibility index (Phi) is 3.78. The van der Waals surface area contributed by atoms with Gasteiger partial charge in [0, 0.05) is 16.1 Å². The molecule has 0 aliphatic rings. The van der Waals surface area contributed by atoms with Crippen molar-refractivity contribution in [2.45, 2.75) is 6.92 Å². The fourth-order valence-corrected chi connectivity index (χ4v) is 3.88. The molecule has 4 aromatic rings. The molecular formula is C18H12BrN3OS. The van der Waals surface area contributed by atoms with Gasteiger partial charge in [-0.25, -0.2) is 4.98 Å². The topological polar surface area (TPSA) is 54.9 Å². The first-order chi connectivity index (χ1) is 11.6. The summed E-state index contributed by atoms with van der Waals surface area (Å²) in [5.74, 6) is -0.255. The number of aryl methyl sites for hydroxylation is 1. The first-order valence-electron chi connectivity index (χ1n) is 7.33. The lowest BCUT2D eigenvalue weighted by molar-refractivity contribution is 0.102. The smallest absolute Gasteiger partial charge is 0.276 e. The van der Waals surface area contributed by atoms with Crippen molar-refractivity contribution in [3.63, 3.8) is 0 Å². The van der Waals surface area contributed by atoms with E-state index >= 15 is 0 Å². The Balaban J connectivity index is 1.72. The lowest BCUT2D eigenvalue weighted by Crippen LogP contribution is -2.13. The predicted octanol–water partition coefficient (Wildman–Crippen LogP) is 5.17. The van der Waals surface area contributed by atoms with E-state index in [-0.39, 0.29) is 5.91 Å². The van der Waals surface area contributed by atoms with Crippen LogP contribution in [0.5, 0.6) is 0 Å². The lowest BCUT2D eigenvalue weighted by Gasteiger charge is -2.05. The number of benzene rings is 2. The number of nitrogens with zero attached hydrogens (tertiary/aromatic N) is 2. The molecule has 0 atom stereocenters. The number of pyridine rings is 1. The molecule has 0 bridgehead atoms. The maximum Gasteiger partial charge on any atom is 0.276 e. The molecule has 24 heavy (non-hydrogen) atoms. The van der Waals surface area contributed by atoms with Crippen LogP contribution in [0.1, 0.15) is 16.1 Å². The number of hydrogen-bond acceptors (Lipinski definition) is 4. The van der Waals surface area contributed by atoms with Crippen molar-refractivity contribution >= 4 is 59.3 Å². The van der Waals surface area contributed by atoms with Gasteiger partial charge in [-0.2, -0.15) is 0 Å². The Morgan fingerprint density at radius 3 is 2.92 bits per heavy atom. The van der Waals surface area contributed by atoms with Crippen LogP contribution in [0, 0.1) is 6.92 Å². The molecule has 2 aromatic carbocycles. The second-order valence-electron chi connectivity index (χ2n) is 5.47. The molecule has 4 nitrogen and oxygen atoms in total. The molecule has 2 heterocycles. The number of carbonyl (C=O) groups excluding carboxylic acids is 1. The molecule has 6 heteroatoms. The number of anilines is 1. The Morgan fingerprint density at radius 1 is 1.17 bits per heavy atom. The van der Waals surface area contributed by atoms with Gasteiger partial charge in [-0.15, -0.1) is 0 Å². The first-order valence-corrected chi connectivity index (χ1v) is 8.94. The highest BCUT2D eigenvalue weighted by atomic mass is 79.9. The Bertz CT molecular complexity index is 1090. The maximum absolute atomic E-state index is 12.7. The van der Waals surface area contributed by atoms with Gasteiger partial charge in [0.1, 0.15) is 5.69 Å². The normalized spacial score (nSPS) is 11.1. The quantitative estimate of drug-likeness (QED) is 0.507. The molecule has 0 spiro atoms. The first kappa shape index (κ1) is 15.2. The van der Waals surface area contributed by atoms with Crippen LogP contribution in [-0.2, 0) is 0 Å². The van der Waals surface area contributed by atoms with Crippen LogP contribution in [0.15, 0.2) is 53.1 Å². The highest BCUT2D eigenvalue weighted by Gasteiger charge is 2.14. The molecule has 1 amide bonds. The number of fused-ring (bicyclic) bond motifs is 2. The van der Waals surface area contributed by atoms with Gasteiger partial charge in [0.05, 0.1) is 10.2 Å². The van der Waals surface area contributed by atoms with Gasteiger partial charge in [0.25, 0.3) is 5.91 Å². The summed E-state index contributed by atoms with van der Waals surface area (Å²) in [5, 5.41) is 5.22. The van der Waals surface area contributed by atoms with Crippen LogP contribution in [-0.4, -0.2) is 15.9 Å². The summed E-state index contributed by atoms with van der Waals surface area (Å²) in [7, 11) is 0. The zero-order valence-corrected chi connectivity index (χ0v) is 15.1. The van der Waals surface area contributed by atoms with E-state index in [9.17, 15) is 4.79 Å². The van der Waals surface area contributed by atoms with Crippen molar-refractivity contribution in [3.8, 4) is 0 Å². The van der Waals surface area contributed by atoms with Crippen LogP contribution in [0.4, 0.5) is 5.13 Å². The fraction of sp³-hybridized carbons (Fsp3) is 0.0556. The fourth-order valence-electron chi connectivity index (χ4n) is 2.56. The summed E-state index contributed by atoms with van der Waals surface area (Å²) in [6.45, 7) is 2.04. The van der Waals surface area contributed by atoms with Crippen LogP contribution >= 0.6 is 27.3 Å². The van der Waals surface area contributed by atoms with Gasteiger partial charge in [-0.3, -0.25) is 15.1 Å². The highest BCUT2D eigenvalue weighted by molar-refractivity contribution is 9.10.